The summed E-state index contributed by atoms with van der Waals surface area (Å²) >= 11 is 0. The molecule has 2 saturated heterocycles. The molecule has 2 aliphatic rings. The van der Waals surface area contributed by atoms with E-state index < -0.39 is 61.2 Å². The predicted molar refractivity (Wildman–Crippen MR) is 194 cm³/mol. The summed E-state index contributed by atoms with van der Waals surface area (Å²) < 4.78 is 80.0. The van der Waals surface area contributed by atoms with Crippen LogP contribution in [0.1, 0.15) is 60.8 Å². The molecule has 0 unspecified atom stereocenters. The van der Waals surface area contributed by atoms with Crippen molar-refractivity contribution in [3.05, 3.63) is 48.8 Å². The third-order valence-electron chi connectivity index (χ3n) is 8.87. The molecule has 0 aliphatic carbocycles. The molecule has 5 rings (SSSR count). The number of rotatable bonds is 10. The van der Waals surface area contributed by atoms with Crippen molar-refractivity contribution in [3.63, 3.8) is 0 Å². The fraction of sp³-hybridized carbons (Fsp3) is 0.571. The van der Waals surface area contributed by atoms with Crippen molar-refractivity contribution in [1.29, 1.82) is 0 Å². The minimum Gasteiger partial charge on any atom is -0.491 e. The molecule has 0 bridgehead atoms. The van der Waals surface area contributed by atoms with Gasteiger partial charge in [0.25, 0.3) is 0 Å². The fourth-order valence-corrected chi connectivity index (χ4v) is 8.44. The van der Waals surface area contributed by atoms with Crippen LogP contribution in [0, 0.1) is 0 Å². The molecule has 2 N–H and O–H groups in total. The Hall–Kier alpha value is -3.81. The minimum atomic E-state index is -4.00. The Balaban J connectivity index is 1.25. The lowest BCUT2D eigenvalue weighted by atomic mass is 9.88. The second-order valence-electron chi connectivity index (χ2n) is 15.3. The van der Waals surface area contributed by atoms with Crippen LogP contribution in [0.5, 0.6) is 5.75 Å². The number of carbonyl (C=O) groups is 2. The Morgan fingerprint density at radius 3 is 2.36 bits per heavy atom. The van der Waals surface area contributed by atoms with E-state index in [2.05, 4.69) is 9.71 Å². The van der Waals surface area contributed by atoms with Crippen molar-refractivity contribution >= 4 is 43.3 Å². The van der Waals surface area contributed by atoms with E-state index in [-0.39, 0.29) is 48.4 Å². The quantitative estimate of drug-likeness (QED) is 0.303. The first-order valence-electron chi connectivity index (χ1n) is 17.3. The van der Waals surface area contributed by atoms with Gasteiger partial charge in [-0.25, -0.2) is 31.1 Å². The molecule has 18 heteroatoms. The highest BCUT2D eigenvalue weighted by atomic mass is 32.2. The summed E-state index contributed by atoms with van der Waals surface area (Å²) in [5.74, 6) is 0.224. The van der Waals surface area contributed by atoms with Gasteiger partial charge >= 0.3 is 12.2 Å². The van der Waals surface area contributed by atoms with Gasteiger partial charge in [0.2, 0.25) is 20.0 Å². The van der Waals surface area contributed by atoms with Crippen LogP contribution in [0.15, 0.2) is 58.6 Å². The Bertz CT molecular complexity index is 2030. The number of pyridine rings is 1. The van der Waals surface area contributed by atoms with Gasteiger partial charge in [-0.05, 0) is 92.1 Å². The summed E-state index contributed by atoms with van der Waals surface area (Å²) in [5.41, 5.74) is -1.54. The molecule has 0 radical (unpaired) electrons. The van der Waals surface area contributed by atoms with Gasteiger partial charge in [0.1, 0.15) is 34.6 Å². The zero-order chi connectivity index (χ0) is 39.0. The van der Waals surface area contributed by atoms with E-state index in [9.17, 15) is 31.5 Å². The first kappa shape index (κ1) is 40.4. The number of aliphatic hydroxyl groups excluding tert-OH is 1. The van der Waals surface area contributed by atoms with E-state index in [1.807, 2.05) is 0 Å². The summed E-state index contributed by atoms with van der Waals surface area (Å²) in [7, 11) is -6.40. The van der Waals surface area contributed by atoms with Gasteiger partial charge in [-0.1, -0.05) is 6.07 Å². The molecule has 53 heavy (non-hydrogen) atoms. The smallest absolute Gasteiger partial charge is 0.419 e. The maximum atomic E-state index is 13.8. The zero-order valence-electron chi connectivity index (χ0n) is 31.1. The lowest BCUT2D eigenvalue weighted by molar-refractivity contribution is -0.0329. The first-order chi connectivity index (χ1) is 24.6. The molecule has 2 aliphatic heterocycles. The maximum Gasteiger partial charge on any atom is 0.419 e. The van der Waals surface area contributed by atoms with Crippen LogP contribution in [-0.2, 0) is 34.3 Å². The monoisotopic (exact) mass is 779 g/mol. The van der Waals surface area contributed by atoms with Crippen LogP contribution in [0.25, 0.3) is 11.0 Å². The molecule has 292 valence electrons. The van der Waals surface area contributed by atoms with E-state index in [0.29, 0.717) is 30.3 Å². The van der Waals surface area contributed by atoms with Crippen LogP contribution >= 0.6 is 0 Å². The standard InChI is InChI=1S/C35H49N5O11S2/c1-33(2,3)50-31(42)39-14-11-29-30(39)18-28(20-37-29)53(46,47)38-15-12-35(13-16-38)19-24(22-49-35)40(32(43)51-34(4,5)6)21-25(41)23-48-26-9-8-10-27(17-26)52(44,45)36-7/h8-11,14,17-18,20,24-25,36,41H,12-13,15-16,19,21-23H2,1-7H3/t24-,25+/m1/s1. The second-order valence-corrected chi connectivity index (χ2v) is 19.1. The number of nitrogens with zero attached hydrogens (tertiary/aromatic N) is 4. The van der Waals surface area contributed by atoms with Gasteiger partial charge in [0.15, 0.2) is 0 Å². The molecule has 4 heterocycles. The lowest BCUT2D eigenvalue weighted by Gasteiger charge is -2.38. The number of piperidine rings is 1. The number of carbonyl (C=O) groups excluding carboxylic acids is 2. The van der Waals surface area contributed by atoms with Crippen LogP contribution in [0.2, 0.25) is 0 Å². The van der Waals surface area contributed by atoms with Crippen molar-refractivity contribution in [2.24, 2.45) is 0 Å². The number of fused-ring (bicyclic) bond motifs is 1. The third-order valence-corrected chi connectivity index (χ3v) is 12.1. The lowest BCUT2D eigenvalue weighted by Crippen LogP contribution is -2.50. The molecule has 2 fully saturated rings. The number of aromatic nitrogens is 2. The topological polar surface area (TPSA) is 196 Å². The van der Waals surface area contributed by atoms with Gasteiger partial charge in [-0.3, -0.25) is 9.55 Å². The predicted octanol–water partition coefficient (Wildman–Crippen LogP) is 3.72. The molecule has 2 aromatic heterocycles. The number of ether oxygens (including phenoxy) is 4. The molecular formula is C35H49N5O11S2. The van der Waals surface area contributed by atoms with Gasteiger partial charge in [0.05, 0.1) is 40.7 Å². The minimum absolute atomic E-state index is 0.000652. The average Bonchev–Trinajstić information content (AvgIpc) is 3.69. The van der Waals surface area contributed by atoms with E-state index >= 15 is 0 Å². The van der Waals surface area contributed by atoms with Crippen molar-refractivity contribution in [3.8, 4) is 5.75 Å². The first-order valence-corrected chi connectivity index (χ1v) is 20.2. The molecule has 1 spiro atoms. The number of nitrogens with one attached hydrogen (secondary N) is 1. The average molecular weight is 780 g/mol. The van der Waals surface area contributed by atoms with Gasteiger partial charge in [0, 0.05) is 31.5 Å². The largest absolute Gasteiger partial charge is 0.491 e. The van der Waals surface area contributed by atoms with E-state index in [0.717, 1.165) is 0 Å². The maximum absolute atomic E-state index is 13.8. The fourth-order valence-electron chi connectivity index (χ4n) is 6.27. The highest BCUT2D eigenvalue weighted by Gasteiger charge is 2.48. The normalized spacial score (nSPS) is 18.9. The van der Waals surface area contributed by atoms with E-state index in [4.69, 9.17) is 18.9 Å². The number of hydrogen-bond donors (Lipinski definition) is 2. The van der Waals surface area contributed by atoms with Crippen molar-refractivity contribution in [2.45, 2.75) is 99.5 Å². The summed E-state index contributed by atoms with van der Waals surface area (Å²) in [6.45, 7) is 10.5. The molecule has 2 atom stereocenters. The number of aliphatic hydroxyl groups is 1. The molecule has 3 aromatic rings. The van der Waals surface area contributed by atoms with Crippen molar-refractivity contribution in [2.75, 3.05) is 39.9 Å². The van der Waals surface area contributed by atoms with Crippen molar-refractivity contribution < 1.29 is 50.5 Å². The van der Waals surface area contributed by atoms with Crippen LogP contribution < -0.4 is 9.46 Å². The summed E-state index contributed by atoms with van der Waals surface area (Å²) in [4.78, 5) is 31.9. The number of sulfonamides is 2. The van der Waals surface area contributed by atoms with Gasteiger partial charge in [-0.2, -0.15) is 4.31 Å². The Labute approximate surface area is 310 Å². The van der Waals surface area contributed by atoms with Crippen LogP contribution in [0.3, 0.4) is 0 Å². The number of benzene rings is 1. The van der Waals surface area contributed by atoms with E-state index in [1.165, 1.54) is 57.5 Å². The van der Waals surface area contributed by atoms with Crippen molar-refractivity contribution in [1.82, 2.24) is 23.5 Å². The van der Waals surface area contributed by atoms with E-state index in [1.54, 1.807) is 53.7 Å². The highest BCUT2D eigenvalue weighted by molar-refractivity contribution is 7.89. The molecule has 16 nitrogen and oxygen atoms in total. The Kier molecular flexibility index (Phi) is 11.5. The summed E-state index contributed by atoms with van der Waals surface area (Å²) in [5, 5.41) is 11.0. The molecule has 0 saturated carbocycles. The molecule has 1 amide bonds. The van der Waals surface area contributed by atoms with Crippen LogP contribution in [0.4, 0.5) is 9.59 Å². The Morgan fingerprint density at radius 2 is 1.72 bits per heavy atom. The summed E-state index contributed by atoms with van der Waals surface area (Å²) in [6.07, 6.45) is 1.39. The van der Waals surface area contributed by atoms with Gasteiger partial charge in [-0.15, -0.1) is 0 Å². The number of amides is 1. The van der Waals surface area contributed by atoms with Crippen LogP contribution in [-0.4, -0.2) is 122 Å². The molecule has 1 aromatic carbocycles. The molecular weight excluding hydrogens is 731 g/mol. The highest BCUT2D eigenvalue weighted by Crippen LogP contribution is 2.39. The SMILES string of the molecule is CNS(=O)(=O)c1cccc(OC[C@@H](O)CN(C(=O)OC(C)(C)C)[C@H]2COC3(CCN(S(=O)(=O)c4cnc5ccn(C(=O)OC(C)(C)C)c5c4)CC3)C2)c1. The third kappa shape index (κ3) is 9.66. The van der Waals surface area contributed by atoms with Gasteiger partial charge < -0.3 is 29.0 Å². The second kappa shape index (κ2) is 15.1. The summed E-state index contributed by atoms with van der Waals surface area (Å²) in [6, 6.07) is 8.37. The zero-order valence-corrected chi connectivity index (χ0v) is 32.7. The Morgan fingerprint density at radius 1 is 1.04 bits per heavy atom. The number of hydrogen-bond acceptors (Lipinski definition) is 12.